The summed E-state index contributed by atoms with van der Waals surface area (Å²) in [5, 5.41) is 5.70. The molecule has 0 fully saturated rings. The van der Waals surface area contributed by atoms with Crippen molar-refractivity contribution in [1.29, 1.82) is 0 Å². The minimum atomic E-state index is -0.880. The molecule has 1 aromatic rings. The normalized spacial score (nSPS) is 14.8. The fourth-order valence-corrected chi connectivity index (χ4v) is 3.69. The van der Waals surface area contributed by atoms with Crippen molar-refractivity contribution >= 4 is 24.0 Å². The maximum atomic E-state index is 13.7. The first-order valence-electron chi connectivity index (χ1n) is 12.2. The molecule has 7 nitrogen and oxygen atoms in total. The fraction of sp³-hybridized carbons (Fsp3) is 0.593. The number of carbonyl (C=O) groups is 3. The molecule has 0 aliphatic heterocycles. The van der Waals surface area contributed by atoms with Crippen LogP contribution in [0.1, 0.15) is 91.8 Å². The number of carbonyl (C=O) groups excluding carboxylic acids is 3. The third-order valence-corrected chi connectivity index (χ3v) is 5.52. The largest absolute Gasteiger partial charge is 0.444 e. The van der Waals surface area contributed by atoms with Gasteiger partial charge in [0.05, 0.1) is 0 Å². The van der Waals surface area contributed by atoms with E-state index in [-0.39, 0.29) is 23.9 Å². The Hall–Kier alpha value is -2.83. The number of nitrogens with one attached hydrogen (secondary N) is 2. The number of hydrogen-bond acceptors (Lipinski definition) is 4. The third-order valence-electron chi connectivity index (χ3n) is 5.52. The number of amides is 3. The molecular formula is C27H43N3O4. The van der Waals surface area contributed by atoms with Gasteiger partial charge >= 0.3 is 6.09 Å². The number of nitrogens with zero attached hydrogens (tertiary/aromatic N) is 1. The lowest BCUT2D eigenvalue weighted by Gasteiger charge is -2.38. The average Bonchev–Trinajstić information content (AvgIpc) is 2.74. The van der Waals surface area contributed by atoms with Gasteiger partial charge in [-0.3, -0.25) is 9.59 Å². The molecule has 1 rings (SSSR count). The van der Waals surface area contributed by atoms with E-state index >= 15 is 0 Å². The topological polar surface area (TPSA) is 87.7 Å². The van der Waals surface area contributed by atoms with Crippen molar-refractivity contribution in [1.82, 2.24) is 15.5 Å². The first-order chi connectivity index (χ1) is 15.8. The van der Waals surface area contributed by atoms with Crippen LogP contribution in [0.25, 0.3) is 6.08 Å². The summed E-state index contributed by atoms with van der Waals surface area (Å²) in [6.45, 7) is 18.6. The number of rotatable bonds is 11. The van der Waals surface area contributed by atoms with E-state index in [1.165, 1.54) is 0 Å². The van der Waals surface area contributed by atoms with Crippen molar-refractivity contribution in [2.24, 2.45) is 0 Å². The highest BCUT2D eigenvalue weighted by atomic mass is 16.6. The van der Waals surface area contributed by atoms with E-state index < -0.39 is 23.8 Å². The lowest BCUT2D eigenvalue weighted by Crippen LogP contribution is -2.55. The molecule has 0 bridgehead atoms. The molecule has 7 heteroatoms. The third kappa shape index (κ3) is 8.84. The highest BCUT2D eigenvalue weighted by Gasteiger charge is 2.37. The zero-order valence-electron chi connectivity index (χ0n) is 22.1. The van der Waals surface area contributed by atoms with Crippen LogP contribution in [0.3, 0.4) is 0 Å². The minimum Gasteiger partial charge on any atom is -0.444 e. The molecule has 0 aliphatic rings. The summed E-state index contributed by atoms with van der Waals surface area (Å²) < 4.78 is 5.32. The van der Waals surface area contributed by atoms with Crippen LogP contribution in [0.5, 0.6) is 0 Å². The number of hydrogen-bond donors (Lipinski definition) is 2. The summed E-state index contributed by atoms with van der Waals surface area (Å²) in [6.07, 6.45) is 3.44. The van der Waals surface area contributed by atoms with Crippen molar-refractivity contribution in [3.63, 3.8) is 0 Å². The summed E-state index contributed by atoms with van der Waals surface area (Å²) in [6, 6.07) is 5.44. The Morgan fingerprint density at radius 1 is 1.12 bits per heavy atom. The zero-order valence-corrected chi connectivity index (χ0v) is 22.1. The molecule has 4 atom stereocenters. The van der Waals surface area contributed by atoms with Crippen LogP contribution in [0, 0.1) is 0 Å². The zero-order chi connectivity index (χ0) is 26.1. The molecule has 190 valence electrons. The summed E-state index contributed by atoms with van der Waals surface area (Å²) in [5.74, 6) is -0.604. The Kier molecular flexibility index (Phi) is 11.3. The molecule has 3 amide bonds. The van der Waals surface area contributed by atoms with Gasteiger partial charge in [-0.2, -0.15) is 0 Å². The van der Waals surface area contributed by atoms with Gasteiger partial charge in [0.25, 0.3) is 0 Å². The first-order valence-corrected chi connectivity index (χ1v) is 12.2. The van der Waals surface area contributed by atoms with Crippen molar-refractivity contribution in [3.05, 3.63) is 42.0 Å². The van der Waals surface area contributed by atoms with Gasteiger partial charge in [-0.1, -0.05) is 51.1 Å². The number of alkyl carbamates (subject to hydrolysis) is 1. The Morgan fingerprint density at radius 3 is 2.29 bits per heavy atom. The van der Waals surface area contributed by atoms with Crippen LogP contribution in [0.2, 0.25) is 0 Å². The smallest absolute Gasteiger partial charge is 0.408 e. The quantitative estimate of drug-likeness (QED) is 0.461. The molecule has 0 saturated carbocycles. The average molecular weight is 474 g/mol. The predicted octanol–water partition coefficient (Wildman–Crippen LogP) is 5.22. The van der Waals surface area contributed by atoms with Crippen LogP contribution in [0.15, 0.2) is 30.8 Å². The van der Waals surface area contributed by atoms with E-state index in [0.717, 1.165) is 18.4 Å². The van der Waals surface area contributed by atoms with Gasteiger partial charge in [0.15, 0.2) is 0 Å². The van der Waals surface area contributed by atoms with Crippen molar-refractivity contribution in [2.75, 3.05) is 0 Å². The molecule has 0 saturated heterocycles. The van der Waals surface area contributed by atoms with E-state index in [0.29, 0.717) is 12.0 Å². The minimum absolute atomic E-state index is 0.0335. The summed E-state index contributed by atoms with van der Waals surface area (Å²) >= 11 is 0. The Balaban J connectivity index is 3.41. The van der Waals surface area contributed by atoms with Gasteiger partial charge in [-0.15, -0.1) is 0 Å². The van der Waals surface area contributed by atoms with Crippen LogP contribution >= 0.6 is 0 Å². The second-order valence-electron chi connectivity index (χ2n) is 9.85. The van der Waals surface area contributed by atoms with E-state index in [4.69, 9.17) is 4.74 Å². The Bertz CT molecular complexity index is 847. The van der Waals surface area contributed by atoms with Crippen LogP contribution in [-0.2, 0) is 14.3 Å². The highest BCUT2D eigenvalue weighted by molar-refractivity contribution is 5.92. The molecule has 0 radical (unpaired) electrons. The van der Waals surface area contributed by atoms with Crippen molar-refractivity contribution in [3.8, 4) is 0 Å². The number of benzene rings is 1. The fourth-order valence-electron chi connectivity index (χ4n) is 3.69. The molecule has 0 spiro atoms. The van der Waals surface area contributed by atoms with Crippen molar-refractivity contribution in [2.45, 2.75) is 104 Å². The molecule has 4 unspecified atom stereocenters. The molecule has 2 N–H and O–H groups in total. The summed E-state index contributed by atoms with van der Waals surface area (Å²) in [5.41, 5.74) is 0.858. The second kappa shape index (κ2) is 13.2. The van der Waals surface area contributed by atoms with Gasteiger partial charge in [-0.05, 0) is 71.6 Å². The van der Waals surface area contributed by atoms with E-state index in [1.54, 1.807) is 38.7 Å². The van der Waals surface area contributed by atoms with Crippen LogP contribution in [0.4, 0.5) is 4.79 Å². The van der Waals surface area contributed by atoms with E-state index in [2.05, 4.69) is 24.1 Å². The Morgan fingerprint density at radius 2 is 1.76 bits per heavy atom. The monoisotopic (exact) mass is 473 g/mol. The van der Waals surface area contributed by atoms with Gasteiger partial charge in [0.2, 0.25) is 11.8 Å². The maximum absolute atomic E-state index is 13.7. The molecule has 0 heterocycles. The van der Waals surface area contributed by atoms with Gasteiger partial charge in [0.1, 0.15) is 17.7 Å². The first kappa shape index (κ1) is 29.2. The van der Waals surface area contributed by atoms with Gasteiger partial charge in [0, 0.05) is 12.1 Å². The highest BCUT2D eigenvalue weighted by Crippen LogP contribution is 2.27. The summed E-state index contributed by atoms with van der Waals surface area (Å²) in [7, 11) is 0. The van der Waals surface area contributed by atoms with E-state index in [1.807, 2.05) is 45.0 Å². The van der Waals surface area contributed by atoms with E-state index in [9.17, 15) is 14.4 Å². The van der Waals surface area contributed by atoms with Gasteiger partial charge < -0.3 is 20.3 Å². The second-order valence-corrected chi connectivity index (χ2v) is 9.85. The maximum Gasteiger partial charge on any atom is 0.408 e. The molecular weight excluding hydrogens is 430 g/mol. The van der Waals surface area contributed by atoms with Crippen LogP contribution in [-0.4, -0.2) is 46.5 Å². The number of ether oxygens (including phenoxy) is 1. The lowest BCUT2D eigenvalue weighted by molar-refractivity contribution is -0.145. The predicted molar refractivity (Wildman–Crippen MR) is 137 cm³/mol. The van der Waals surface area contributed by atoms with Crippen LogP contribution < -0.4 is 10.6 Å². The molecule has 1 aromatic carbocycles. The molecule has 34 heavy (non-hydrogen) atoms. The van der Waals surface area contributed by atoms with Crippen molar-refractivity contribution < 1.29 is 19.1 Å². The lowest BCUT2D eigenvalue weighted by atomic mass is 9.98. The molecule has 0 aliphatic carbocycles. The molecule has 0 aromatic heterocycles. The van der Waals surface area contributed by atoms with Gasteiger partial charge in [-0.25, -0.2) is 4.79 Å². The summed E-state index contributed by atoms with van der Waals surface area (Å²) in [4.78, 5) is 41.2. The SMILES string of the molecule is C=Cc1cccc(C(C(=O)NC(C)CCC)N(C(=O)C(C)NC(=O)OC(C)(C)C)C(C)CC)c1. The standard InChI is InChI=1S/C27H43N3O4/c1-10-14-18(4)28-24(31)23(22-16-13-15-21(12-3)17-22)30(19(5)11-2)25(32)20(6)29-26(33)34-27(7,8)9/h12-13,15-20,23H,3,10-11,14H2,1-2,4-9H3,(H,28,31)(H,29,33). The Labute approximate surface area is 205 Å².